The van der Waals surface area contributed by atoms with Gasteiger partial charge in [0.25, 0.3) is 0 Å². The Kier molecular flexibility index (Phi) is 7.47. The number of rotatable bonds is 5. The molecule has 35 heavy (non-hydrogen) atoms. The van der Waals surface area contributed by atoms with Gasteiger partial charge in [0.1, 0.15) is 0 Å². The predicted molar refractivity (Wildman–Crippen MR) is 151 cm³/mol. The largest absolute Gasteiger partial charge is 0.0622 e. The van der Waals surface area contributed by atoms with E-state index >= 15 is 0 Å². The third-order valence-corrected chi connectivity index (χ3v) is 9.15. The minimum absolute atomic E-state index is 0.294. The molecule has 0 atom stereocenters. The molecule has 3 aromatic carbocycles. The van der Waals surface area contributed by atoms with Crippen molar-refractivity contribution in [2.45, 2.75) is 110 Å². The number of benzene rings is 3. The van der Waals surface area contributed by atoms with Crippen LogP contribution >= 0.6 is 0 Å². The van der Waals surface area contributed by atoms with Crippen LogP contribution in [0.4, 0.5) is 0 Å². The molecule has 0 N–H and O–H groups in total. The molecule has 0 bridgehead atoms. The van der Waals surface area contributed by atoms with E-state index in [4.69, 9.17) is 0 Å². The Morgan fingerprint density at radius 3 is 1.37 bits per heavy atom. The maximum atomic E-state index is 2.62. The van der Waals surface area contributed by atoms with Crippen molar-refractivity contribution in [1.29, 1.82) is 0 Å². The highest BCUT2D eigenvalue weighted by atomic mass is 14.3. The first-order chi connectivity index (χ1) is 17.0. The fraction of sp³-hybridized carbons (Fsp3) is 0.486. The monoisotopic (exact) mass is 464 g/mol. The molecule has 0 heteroatoms. The molecule has 0 aliphatic heterocycles. The lowest BCUT2D eigenvalue weighted by atomic mass is 9.74. The van der Waals surface area contributed by atoms with Crippen LogP contribution in [0.2, 0.25) is 0 Å². The van der Waals surface area contributed by atoms with Crippen molar-refractivity contribution in [3.63, 3.8) is 0 Å². The van der Waals surface area contributed by atoms with Gasteiger partial charge >= 0.3 is 0 Å². The summed E-state index contributed by atoms with van der Waals surface area (Å²) in [5.74, 6) is 1.76. The molecule has 2 fully saturated rings. The quantitative estimate of drug-likeness (QED) is 0.329. The number of hydrogen-bond donors (Lipinski definition) is 0. The van der Waals surface area contributed by atoms with Gasteiger partial charge < -0.3 is 0 Å². The van der Waals surface area contributed by atoms with Crippen molar-refractivity contribution >= 4 is 0 Å². The van der Waals surface area contributed by atoms with Crippen LogP contribution < -0.4 is 0 Å². The Hall–Kier alpha value is -2.34. The van der Waals surface area contributed by atoms with E-state index in [0.29, 0.717) is 5.92 Å². The van der Waals surface area contributed by atoms with E-state index in [9.17, 15) is 0 Å². The molecule has 3 aromatic rings. The molecule has 0 nitrogen and oxygen atoms in total. The van der Waals surface area contributed by atoms with Crippen LogP contribution in [0, 0.1) is 27.7 Å². The summed E-state index contributed by atoms with van der Waals surface area (Å²) in [6, 6.07) is 21.5. The summed E-state index contributed by atoms with van der Waals surface area (Å²) in [4.78, 5) is 0. The van der Waals surface area contributed by atoms with E-state index in [1.165, 1.54) is 103 Å². The molecule has 0 unspecified atom stereocenters. The second kappa shape index (κ2) is 10.7. The third-order valence-electron chi connectivity index (χ3n) is 9.15. The molecule has 2 aliphatic carbocycles. The van der Waals surface area contributed by atoms with Gasteiger partial charge in [0.05, 0.1) is 0 Å². The summed E-state index contributed by atoms with van der Waals surface area (Å²) < 4.78 is 0. The average molecular weight is 465 g/mol. The van der Waals surface area contributed by atoms with E-state index in [0.717, 1.165) is 11.8 Å². The molecule has 2 aliphatic rings. The highest BCUT2D eigenvalue weighted by Gasteiger charge is 2.26. The smallest absolute Gasteiger partial charge is 0.0345 e. The Morgan fingerprint density at radius 2 is 0.943 bits per heavy atom. The summed E-state index contributed by atoms with van der Waals surface area (Å²) in [6.45, 7) is 9.37. The fourth-order valence-corrected chi connectivity index (χ4v) is 7.27. The zero-order chi connectivity index (χ0) is 24.4. The summed E-state index contributed by atoms with van der Waals surface area (Å²) in [7, 11) is 0. The second-order valence-electron chi connectivity index (χ2n) is 11.6. The Labute approximate surface area is 214 Å². The molecular weight excluding hydrogens is 420 g/mol. The first-order valence-corrected chi connectivity index (χ1v) is 14.3. The van der Waals surface area contributed by atoms with E-state index in [2.05, 4.69) is 82.3 Å². The first kappa shape index (κ1) is 24.4. The van der Waals surface area contributed by atoms with E-state index in [1.54, 1.807) is 11.1 Å². The normalized spacial score (nSPS) is 17.7. The highest BCUT2D eigenvalue weighted by Crippen LogP contribution is 2.43. The average Bonchev–Trinajstić information content (AvgIpc) is 2.88. The first-order valence-electron chi connectivity index (χ1n) is 14.3. The topological polar surface area (TPSA) is 0 Å². The van der Waals surface area contributed by atoms with E-state index in [-0.39, 0.29) is 0 Å². The van der Waals surface area contributed by atoms with Crippen molar-refractivity contribution in [2.75, 3.05) is 0 Å². The molecule has 184 valence electrons. The molecule has 0 heterocycles. The zero-order valence-corrected chi connectivity index (χ0v) is 22.5. The maximum absolute atomic E-state index is 2.62. The summed E-state index contributed by atoms with van der Waals surface area (Å²) >= 11 is 0. The minimum Gasteiger partial charge on any atom is -0.0622 e. The second-order valence-corrected chi connectivity index (χ2v) is 11.6. The van der Waals surface area contributed by atoms with Crippen molar-refractivity contribution in [2.24, 2.45) is 0 Å². The van der Waals surface area contributed by atoms with Gasteiger partial charge in [-0.25, -0.2) is 0 Å². The van der Waals surface area contributed by atoms with Crippen LogP contribution in [0.15, 0.2) is 54.6 Å². The van der Waals surface area contributed by atoms with Crippen LogP contribution in [-0.2, 0) is 0 Å². The van der Waals surface area contributed by atoms with Gasteiger partial charge in [-0.15, -0.1) is 0 Å². The molecule has 2 saturated carbocycles. The zero-order valence-electron chi connectivity index (χ0n) is 22.5. The van der Waals surface area contributed by atoms with Gasteiger partial charge in [-0.1, -0.05) is 93.1 Å². The van der Waals surface area contributed by atoms with Crippen LogP contribution in [0.5, 0.6) is 0 Å². The van der Waals surface area contributed by atoms with Crippen molar-refractivity contribution < 1.29 is 0 Å². The molecule has 0 saturated heterocycles. The lowest BCUT2D eigenvalue weighted by molar-refractivity contribution is 0.442. The fourth-order valence-electron chi connectivity index (χ4n) is 7.27. The Morgan fingerprint density at radius 1 is 0.514 bits per heavy atom. The van der Waals surface area contributed by atoms with Gasteiger partial charge in [-0.2, -0.15) is 0 Å². The predicted octanol–water partition coefficient (Wildman–Crippen LogP) is 10.2. The van der Waals surface area contributed by atoms with Crippen molar-refractivity contribution in [3.8, 4) is 0 Å². The van der Waals surface area contributed by atoms with Gasteiger partial charge in [-0.3, -0.25) is 0 Å². The molecular formula is C35H44. The van der Waals surface area contributed by atoms with Crippen LogP contribution in [-0.4, -0.2) is 0 Å². The van der Waals surface area contributed by atoms with Gasteiger partial charge in [0, 0.05) is 5.92 Å². The SMILES string of the molecule is Cc1cc(C)c(C(c2ccccc2)c2cc(C3CCCCC3)c(C)cc2C)cc1C1CCCCC1. The van der Waals surface area contributed by atoms with E-state index < -0.39 is 0 Å². The molecule has 0 radical (unpaired) electrons. The van der Waals surface area contributed by atoms with Gasteiger partial charge in [-0.05, 0) is 115 Å². The Balaban J connectivity index is 1.66. The molecule has 0 aromatic heterocycles. The standard InChI is InChI=1S/C35H44/c1-24-20-26(3)33(22-31(24)28-14-8-5-9-15-28)35(30-18-12-7-13-19-30)34-23-32(25(2)21-27(34)4)29-16-10-6-11-17-29/h7,12-13,18-23,28-29,35H,5-6,8-11,14-17H2,1-4H3. The molecule has 0 amide bonds. The van der Waals surface area contributed by atoms with E-state index in [1.807, 2.05) is 0 Å². The molecule has 0 spiro atoms. The highest BCUT2D eigenvalue weighted by molar-refractivity contribution is 5.53. The maximum Gasteiger partial charge on any atom is 0.0345 e. The summed E-state index contributed by atoms with van der Waals surface area (Å²) in [5.41, 5.74) is 13.6. The number of aryl methyl sites for hydroxylation is 4. The molecule has 5 rings (SSSR count). The van der Waals surface area contributed by atoms with Crippen molar-refractivity contribution in [3.05, 3.63) is 105 Å². The van der Waals surface area contributed by atoms with Crippen LogP contribution in [0.25, 0.3) is 0 Å². The lowest BCUT2D eigenvalue weighted by Crippen LogP contribution is -2.13. The Bertz CT molecular complexity index is 1070. The number of hydrogen-bond acceptors (Lipinski definition) is 0. The minimum atomic E-state index is 0.294. The van der Waals surface area contributed by atoms with Crippen LogP contribution in [0.1, 0.15) is 132 Å². The van der Waals surface area contributed by atoms with Gasteiger partial charge in [0.15, 0.2) is 0 Å². The van der Waals surface area contributed by atoms with Crippen molar-refractivity contribution in [1.82, 2.24) is 0 Å². The lowest BCUT2D eigenvalue weighted by Gasteiger charge is -2.30. The summed E-state index contributed by atoms with van der Waals surface area (Å²) in [6.07, 6.45) is 13.8. The third kappa shape index (κ3) is 5.13. The summed E-state index contributed by atoms with van der Waals surface area (Å²) in [5, 5.41) is 0. The van der Waals surface area contributed by atoms with Crippen LogP contribution in [0.3, 0.4) is 0 Å². The van der Waals surface area contributed by atoms with Gasteiger partial charge in [0.2, 0.25) is 0 Å².